The van der Waals surface area contributed by atoms with Crippen molar-refractivity contribution in [2.75, 3.05) is 11.2 Å². The summed E-state index contributed by atoms with van der Waals surface area (Å²) in [5, 5.41) is 2.60. The molecule has 0 amide bonds. The molecule has 0 saturated carbocycles. The minimum atomic E-state index is -0.446. The molecular formula is C62H48N2S. The number of allylic oxidation sites excluding steroid dienone is 1. The number of hydrogen-bond donors (Lipinski definition) is 1. The second-order valence-corrected chi connectivity index (χ2v) is 17.5. The van der Waals surface area contributed by atoms with Crippen LogP contribution in [0.3, 0.4) is 0 Å². The molecule has 0 N–H and O–H groups in total. The summed E-state index contributed by atoms with van der Waals surface area (Å²) in [5.74, 6) is 0.441. The first-order valence-electron chi connectivity index (χ1n) is 22.9. The Morgan fingerprint density at radius 2 is 1.02 bits per heavy atom. The number of rotatable bonds is 6. The highest BCUT2D eigenvalue weighted by Crippen LogP contribution is 2.61. The number of anilines is 2. The largest absolute Gasteiger partial charge is 0.335 e. The smallest absolute Gasteiger partial charge is 0.0754 e. The van der Waals surface area contributed by atoms with E-state index in [1.165, 1.54) is 100 Å². The maximum Gasteiger partial charge on any atom is 0.0754 e. The predicted molar refractivity (Wildman–Crippen MR) is 277 cm³/mol. The van der Waals surface area contributed by atoms with Crippen molar-refractivity contribution in [1.29, 1.82) is 0 Å². The van der Waals surface area contributed by atoms with Crippen LogP contribution in [0, 0.1) is 0 Å². The van der Waals surface area contributed by atoms with Gasteiger partial charge in [-0.1, -0.05) is 188 Å². The van der Waals surface area contributed by atoms with Gasteiger partial charge in [0.25, 0.3) is 0 Å². The van der Waals surface area contributed by atoms with Crippen LogP contribution in [-0.2, 0) is 5.41 Å². The molecule has 1 aliphatic heterocycles. The molecule has 1 aromatic heterocycles. The highest BCUT2D eigenvalue weighted by atomic mass is 32.1. The summed E-state index contributed by atoms with van der Waals surface area (Å²) in [6, 6.07) is 81.7. The number of nitrogens with zero attached hydrogens (tertiary/aromatic N) is 2. The Labute approximate surface area is 387 Å². The molecule has 65 heavy (non-hydrogen) atoms. The van der Waals surface area contributed by atoms with E-state index in [1.807, 2.05) is 0 Å². The van der Waals surface area contributed by atoms with Crippen LogP contribution >= 0.6 is 12.6 Å². The Kier molecular flexibility index (Phi) is 9.69. The minimum Gasteiger partial charge on any atom is -0.335 e. The van der Waals surface area contributed by atoms with E-state index in [-0.39, 0.29) is 6.04 Å². The van der Waals surface area contributed by atoms with Crippen LogP contribution in [0.1, 0.15) is 46.6 Å². The third kappa shape index (κ3) is 6.10. The van der Waals surface area contributed by atoms with Gasteiger partial charge in [-0.2, -0.15) is 12.6 Å². The van der Waals surface area contributed by atoms with Gasteiger partial charge in [-0.15, -0.1) is 0 Å². The van der Waals surface area contributed by atoms with Gasteiger partial charge in [0.05, 0.1) is 28.2 Å². The number of benzene rings is 9. The zero-order valence-corrected chi connectivity index (χ0v) is 37.2. The monoisotopic (exact) mass is 852 g/mol. The van der Waals surface area contributed by atoms with Crippen molar-refractivity contribution >= 4 is 45.8 Å². The van der Waals surface area contributed by atoms with Crippen molar-refractivity contribution in [2.24, 2.45) is 0 Å². The van der Waals surface area contributed by atoms with Crippen LogP contribution in [-0.4, -0.2) is 16.9 Å². The highest BCUT2D eigenvalue weighted by molar-refractivity contribution is 7.79. The van der Waals surface area contributed by atoms with Crippen molar-refractivity contribution in [3.05, 3.63) is 258 Å². The van der Waals surface area contributed by atoms with E-state index in [9.17, 15) is 0 Å². The van der Waals surface area contributed by atoms with E-state index in [2.05, 4.69) is 253 Å². The van der Waals surface area contributed by atoms with Crippen molar-refractivity contribution in [3.63, 3.8) is 0 Å². The molecule has 3 heteroatoms. The van der Waals surface area contributed by atoms with Crippen LogP contribution in [0.15, 0.2) is 231 Å². The Bertz CT molecular complexity index is 3400. The molecule has 3 atom stereocenters. The number of aromatic nitrogens is 1. The molecule has 3 unspecified atom stereocenters. The summed E-state index contributed by atoms with van der Waals surface area (Å²) in [7, 11) is 0. The lowest BCUT2D eigenvalue weighted by Gasteiger charge is -2.39. The zero-order chi connectivity index (χ0) is 43.5. The van der Waals surface area contributed by atoms with E-state index in [4.69, 9.17) is 0 Å². The maximum atomic E-state index is 3.53. The minimum absolute atomic E-state index is 0.243. The van der Waals surface area contributed by atoms with Gasteiger partial charge < -0.3 is 9.47 Å². The van der Waals surface area contributed by atoms with Crippen LogP contribution in [0.5, 0.6) is 0 Å². The lowest BCUT2D eigenvalue weighted by molar-refractivity contribution is 0.586. The van der Waals surface area contributed by atoms with Gasteiger partial charge in [-0.25, -0.2) is 0 Å². The van der Waals surface area contributed by atoms with Gasteiger partial charge in [0.1, 0.15) is 0 Å². The Balaban J connectivity index is 0.00000219. The molecule has 2 aliphatic carbocycles. The second kappa shape index (κ2) is 16.0. The van der Waals surface area contributed by atoms with Gasteiger partial charge in [0.15, 0.2) is 0 Å². The van der Waals surface area contributed by atoms with Crippen LogP contribution in [0.25, 0.3) is 60.9 Å². The van der Waals surface area contributed by atoms with Crippen molar-refractivity contribution in [1.82, 2.24) is 4.57 Å². The summed E-state index contributed by atoms with van der Waals surface area (Å²) >= 11 is 3.53. The Morgan fingerprint density at radius 3 is 1.75 bits per heavy atom. The molecule has 0 saturated heterocycles. The van der Waals surface area contributed by atoms with E-state index in [0.29, 0.717) is 5.92 Å². The number of fused-ring (bicyclic) bond motifs is 12. The molecule has 0 bridgehead atoms. The summed E-state index contributed by atoms with van der Waals surface area (Å²) < 4.78 is 2.52. The normalized spacial score (nSPS) is 17.6. The average molecular weight is 853 g/mol. The van der Waals surface area contributed by atoms with Gasteiger partial charge in [0.2, 0.25) is 0 Å². The topological polar surface area (TPSA) is 8.17 Å². The van der Waals surface area contributed by atoms with E-state index in [0.717, 1.165) is 12.8 Å². The third-order valence-corrected chi connectivity index (χ3v) is 14.3. The quantitative estimate of drug-likeness (QED) is 0.129. The Morgan fingerprint density at radius 1 is 0.446 bits per heavy atom. The lowest BCUT2D eigenvalue weighted by Crippen LogP contribution is -2.33. The lowest BCUT2D eigenvalue weighted by atomic mass is 9.65. The molecule has 0 fully saturated rings. The van der Waals surface area contributed by atoms with E-state index >= 15 is 0 Å². The first kappa shape index (κ1) is 39.3. The highest BCUT2D eigenvalue weighted by Gasteiger charge is 2.50. The fraction of sp³-hybridized carbons (Fsp3) is 0.0968. The van der Waals surface area contributed by atoms with Gasteiger partial charge in [-0.3, -0.25) is 0 Å². The van der Waals surface area contributed by atoms with Gasteiger partial charge in [-0.05, 0) is 123 Å². The molecule has 3 aliphatic rings. The Hall–Kier alpha value is -7.33. The molecule has 13 rings (SSSR count). The molecule has 1 spiro atoms. The summed E-state index contributed by atoms with van der Waals surface area (Å²) in [6.07, 6.45) is 8.75. The molecule has 2 nitrogen and oxygen atoms in total. The molecular weight excluding hydrogens is 805 g/mol. The predicted octanol–water partition coefficient (Wildman–Crippen LogP) is 16.0. The standard InChI is InChI=1S/C61H44N2.CH4S/c1-3-14-41(15-4-1)43-26-33-47(34-27-43)62(48-35-28-44(29-36-48)42-16-5-2-6-17-42)49-37-30-45(31-38-49)46-32-39-55-53(40-46)50-18-7-9-21-54(50)61(55)56-22-10-12-25-59(56)63-58-24-11-8-19-51(58)52-20-13-23-57(61)60(52)63;1-2/h1-28,30-35,37-40,44,48H,29,36H2;2H,1H3. The molecule has 0 radical (unpaired) electrons. The summed E-state index contributed by atoms with van der Waals surface area (Å²) in [5.41, 5.74) is 20.1. The van der Waals surface area contributed by atoms with Gasteiger partial charge in [0, 0.05) is 28.1 Å². The van der Waals surface area contributed by atoms with Crippen LogP contribution < -0.4 is 4.90 Å². The summed E-state index contributed by atoms with van der Waals surface area (Å²) in [6.45, 7) is 0. The third-order valence-electron chi connectivity index (χ3n) is 14.3. The first-order valence-corrected chi connectivity index (χ1v) is 23.8. The van der Waals surface area contributed by atoms with Gasteiger partial charge >= 0.3 is 0 Å². The molecule has 10 aromatic rings. The number of para-hydroxylation sites is 3. The van der Waals surface area contributed by atoms with Crippen LogP contribution in [0.4, 0.5) is 11.4 Å². The molecule has 9 aromatic carbocycles. The number of hydrogen-bond acceptors (Lipinski definition) is 2. The van der Waals surface area contributed by atoms with Crippen LogP contribution in [0.2, 0.25) is 0 Å². The first-order chi connectivity index (χ1) is 32.3. The molecule has 2 heterocycles. The second-order valence-electron chi connectivity index (χ2n) is 17.5. The van der Waals surface area contributed by atoms with E-state index < -0.39 is 5.41 Å². The summed E-state index contributed by atoms with van der Waals surface area (Å²) in [4.78, 5) is 2.54. The fourth-order valence-electron chi connectivity index (χ4n) is 11.5. The maximum absolute atomic E-state index is 3.53. The molecule has 312 valence electrons. The SMILES string of the molecule is C1=CC(N(c2ccc(-c3ccccc3)cc2)c2ccc(-c3ccc4c(c3)-c3ccccc3C43c4ccccc4-n4c5ccccc5c5cccc3c54)cc2)CCC1c1ccccc1.CS. The number of thiol groups is 1. The van der Waals surface area contributed by atoms with Crippen molar-refractivity contribution < 1.29 is 0 Å². The van der Waals surface area contributed by atoms with Crippen molar-refractivity contribution in [2.45, 2.75) is 30.2 Å². The average Bonchev–Trinajstić information content (AvgIpc) is 3.88. The van der Waals surface area contributed by atoms with E-state index in [1.54, 1.807) is 6.26 Å². The zero-order valence-electron chi connectivity index (χ0n) is 36.3. The fourth-order valence-corrected chi connectivity index (χ4v) is 11.5. The van der Waals surface area contributed by atoms with Crippen molar-refractivity contribution in [3.8, 4) is 39.1 Å².